The summed E-state index contributed by atoms with van der Waals surface area (Å²) < 4.78 is 86.6. The third-order valence-corrected chi connectivity index (χ3v) is 6.44. The molecular weight excluding hydrogens is 592 g/mol. The smallest absolute Gasteiger partial charge is 0.430 e. The predicted octanol–water partition coefficient (Wildman–Crippen LogP) is 4.44. The van der Waals surface area contributed by atoms with E-state index in [2.05, 4.69) is 14.5 Å². The van der Waals surface area contributed by atoms with Crippen molar-refractivity contribution in [3.05, 3.63) is 48.3 Å². The van der Waals surface area contributed by atoms with Gasteiger partial charge in [0.05, 0.1) is 11.4 Å². The molecule has 1 N–H and O–H groups in total. The molecule has 4 amide bonds. The number of hydrogen-bond donors (Lipinski definition) is 1. The molecule has 2 heterocycles. The Kier molecular flexibility index (Phi) is 9.58. The molecule has 1 aromatic carbocycles. The molecule has 1 aliphatic heterocycles. The van der Waals surface area contributed by atoms with Crippen LogP contribution in [0.1, 0.15) is 33.3 Å². The number of pyridine rings is 1. The van der Waals surface area contributed by atoms with E-state index in [0.717, 1.165) is 17.0 Å². The molecule has 0 aliphatic carbocycles. The lowest BCUT2D eigenvalue weighted by Gasteiger charge is -2.28. The van der Waals surface area contributed by atoms with E-state index < -0.39 is 59.6 Å². The molecule has 43 heavy (non-hydrogen) atoms. The Hall–Kier alpha value is -4.41. The maximum absolute atomic E-state index is 13.4. The zero-order valence-corrected chi connectivity index (χ0v) is 23.2. The number of hydrogen-bond acceptors (Lipinski definition) is 8. The Morgan fingerprint density at radius 2 is 1.63 bits per heavy atom. The van der Waals surface area contributed by atoms with Gasteiger partial charge in [0, 0.05) is 18.9 Å². The van der Waals surface area contributed by atoms with Crippen LogP contribution < -0.4 is 15.0 Å². The van der Waals surface area contributed by atoms with Crippen LogP contribution in [0.3, 0.4) is 0 Å². The molecule has 0 saturated carbocycles. The van der Waals surface area contributed by atoms with Crippen molar-refractivity contribution in [2.45, 2.75) is 58.5 Å². The van der Waals surface area contributed by atoms with Gasteiger partial charge in [0.25, 0.3) is 11.8 Å². The highest BCUT2D eigenvalue weighted by Gasteiger charge is 2.52. The van der Waals surface area contributed by atoms with Crippen molar-refractivity contribution >= 4 is 35.2 Å². The molecular formula is C26H27F6N5O6. The lowest BCUT2D eigenvalue weighted by atomic mass is 10.0. The molecule has 234 valence electrons. The van der Waals surface area contributed by atoms with Crippen molar-refractivity contribution in [3.63, 3.8) is 0 Å². The Morgan fingerprint density at radius 3 is 2.16 bits per heavy atom. The van der Waals surface area contributed by atoms with Crippen LogP contribution in [-0.4, -0.2) is 76.0 Å². The molecule has 3 rings (SSSR count). The van der Waals surface area contributed by atoms with E-state index in [0.29, 0.717) is 16.5 Å². The van der Waals surface area contributed by atoms with Gasteiger partial charge in [0.15, 0.2) is 5.75 Å². The van der Waals surface area contributed by atoms with Crippen molar-refractivity contribution in [3.8, 4) is 5.75 Å². The minimum Gasteiger partial charge on any atom is -0.430 e. The number of nitrogens with zero attached hydrogens (tertiary/aromatic N) is 4. The summed E-state index contributed by atoms with van der Waals surface area (Å²) in [5.74, 6) is -5.93. The topological polar surface area (TPSA) is 121 Å². The molecule has 0 spiro atoms. The third kappa shape index (κ3) is 7.52. The van der Waals surface area contributed by atoms with E-state index >= 15 is 0 Å². The highest BCUT2D eigenvalue weighted by molar-refractivity contribution is 6.23. The van der Waals surface area contributed by atoms with Crippen LogP contribution in [0.2, 0.25) is 0 Å². The number of nitrogens with one attached hydrogen (secondary N) is 1. The molecule has 0 bridgehead atoms. The van der Waals surface area contributed by atoms with Gasteiger partial charge in [0.1, 0.15) is 5.54 Å². The molecule has 2 aromatic rings. The van der Waals surface area contributed by atoms with Crippen LogP contribution >= 0.6 is 0 Å². The lowest BCUT2D eigenvalue weighted by Crippen LogP contribution is -2.48. The second-order valence-electron chi connectivity index (χ2n) is 9.62. The van der Waals surface area contributed by atoms with Gasteiger partial charge in [-0.25, -0.2) is 14.5 Å². The molecule has 0 radical (unpaired) electrons. The highest BCUT2D eigenvalue weighted by Crippen LogP contribution is 2.38. The quantitative estimate of drug-likeness (QED) is 0.179. The number of rotatable bonds is 10. The average Bonchev–Trinajstić information content (AvgIpc) is 3.08. The molecule has 1 saturated heterocycles. The number of carbonyl (C=O) groups excluding carboxylic acids is 4. The average molecular weight is 620 g/mol. The number of esters is 1. The number of amides is 4. The largest absolute Gasteiger partial charge is 0.573 e. The monoisotopic (exact) mass is 619 g/mol. The predicted molar refractivity (Wildman–Crippen MR) is 137 cm³/mol. The second-order valence-corrected chi connectivity index (χ2v) is 9.62. The number of benzene rings is 1. The Balaban J connectivity index is 2.02. The number of halogens is 6. The van der Waals surface area contributed by atoms with Gasteiger partial charge < -0.3 is 19.7 Å². The number of anilines is 2. The van der Waals surface area contributed by atoms with Gasteiger partial charge >= 0.3 is 24.5 Å². The lowest BCUT2D eigenvalue weighted by molar-refractivity contribution is -0.274. The molecule has 1 aliphatic rings. The van der Waals surface area contributed by atoms with Gasteiger partial charge in [-0.05, 0) is 62.8 Å². The first kappa shape index (κ1) is 33.1. The third-order valence-electron chi connectivity index (χ3n) is 6.44. The Morgan fingerprint density at radius 1 is 1.02 bits per heavy atom. The summed E-state index contributed by atoms with van der Waals surface area (Å²) in [6.07, 6.45) is -9.99. The van der Waals surface area contributed by atoms with Crippen molar-refractivity contribution in [1.82, 2.24) is 14.8 Å². The molecule has 1 unspecified atom stereocenters. The Labute approximate surface area is 241 Å². The van der Waals surface area contributed by atoms with E-state index in [1.54, 1.807) is 12.1 Å². The fraction of sp³-hybridized carbons (Fsp3) is 0.423. The van der Waals surface area contributed by atoms with E-state index in [1.165, 1.54) is 45.0 Å². The summed E-state index contributed by atoms with van der Waals surface area (Å²) >= 11 is 0. The Bertz CT molecular complexity index is 1360. The van der Waals surface area contributed by atoms with Gasteiger partial charge in [-0.15, -0.1) is 13.2 Å². The number of likely N-dealkylation sites (N-methyl/N-ethyl adjacent to an activating group) is 1. The van der Waals surface area contributed by atoms with Crippen LogP contribution in [0, 0.1) is 0 Å². The van der Waals surface area contributed by atoms with Gasteiger partial charge in [-0.1, -0.05) is 13.8 Å². The van der Waals surface area contributed by atoms with Crippen LogP contribution in [-0.2, 0) is 25.7 Å². The summed E-state index contributed by atoms with van der Waals surface area (Å²) in [7, 11) is 0. The number of imide groups is 1. The van der Waals surface area contributed by atoms with Crippen LogP contribution in [0.5, 0.6) is 5.75 Å². The molecule has 17 heteroatoms. The second kappa shape index (κ2) is 12.4. The summed E-state index contributed by atoms with van der Waals surface area (Å²) in [4.78, 5) is 58.2. The maximum atomic E-state index is 13.4. The van der Waals surface area contributed by atoms with Crippen molar-refractivity contribution in [2.24, 2.45) is 0 Å². The molecule has 1 atom stereocenters. The van der Waals surface area contributed by atoms with Crippen LogP contribution in [0.4, 0.5) is 42.5 Å². The fourth-order valence-corrected chi connectivity index (χ4v) is 4.18. The number of urea groups is 1. The van der Waals surface area contributed by atoms with Gasteiger partial charge in [0.2, 0.25) is 6.23 Å². The molecule has 11 nitrogen and oxygen atoms in total. The van der Waals surface area contributed by atoms with Crippen LogP contribution in [0.15, 0.2) is 42.7 Å². The zero-order chi connectivity index (χ0) is 32.3. The van der Waals surface area contributed by atoms with E-state index in [1.807, 2.05) is 5.32 Å². The van der Waals surface area contributed by atoms with Crippen molar-refractivity contribution in [1.29, 1.82) is 0 Å². The van der Waals surface area contributed by atoms with Crippen molar-refractivity contribution in [2.75, 3.05) is 23.3 Å². The van der Waals surface area contributed by atoms with Crippen LogP contribution in [0.25, 0.3) is 0 Å². The minimum atomic E-state index is -5.47. The van der Waals surface area contributed by atoms with Crippen molar-refractivity contribution < 1.29 is 55.0 Å². The van der Waals surface area contributed by atoms with Gasteiger partial charge in [-0.3, -0.25) is 19.5 Å². The maximum Gasteiger partial charge on any atom is 0.573 e. The highest BCUT2D eigenvalue weighted by atomic mass is 19.4. The zero-order valence-electron chi connectivity index (χ0n) is 23.2. The normalized spacial score (nSPS) is 16.0. The first-order chi connectivity index (χ1) is 19.9. The molecule has 1 aromatic heterocycles. The summed E-state index contributed by atoms with van der Waals surface area (Å²) in [5.41, 5.74) is -1.84. The summed E-state index contributed by atoms with van der Waals surface area (Å²) in [5, 5.41) is 1.98. The number of aromatic nitrogens is 1. The SMILES string of the molecule is CCN(CC)C(OC(=O)C(F)(F)F)C(=O)Nc1cc(N2C(=O)N(Cc3ccncc3)C(C)(C)C2=O)ccc1OC(F)(F)F. The molecule has 1 fully saturated rings. The first-order valence-electron chi connectivity index (χ1n) is 12.7. The van der Waals surface area contributed by atoms with E-state index in [9.17, 15) is 45.5 Å². The first-order valence-corrected chi connectivity index (χ1v) is 12.7. The van der Waals surface area contributed by atoms with E-state index in [-0.39, 0.29) is 25.3 Å². The fourth-order valence-electron chi connectivity index (χ4n) is 4.18. The standard InChI is InChI=1S/C26H27F6N5O6/c1-5-35(6-2)20(42-22(40)25(27,28)29)19(38)34-17-13-16(7-8-18(17)43-26(30,31)32)37-21(39)24(3,4)36(23(37)41)14-15-9-11-33-12-10-15/h7-13,20H,5-6,14H2,1-4H3,(H,34,38). The summed E-state index contributed by atoms with van der Waals surface area (Å²) in [6.45, 7) is 5.59. The number of alkyl halides is 6. The number of ether oxygens (including phenoxy) is 2. The van der Waals surface area contributed by atoms with E-state index in [4.69, 9.17) is 0 Å². The van der Waals surface area contributed by atoms with Gasteiger partial charge in [-0.2, -0.15) is 13.2 Å². The summed E-state index contributed by atoms with van der Waals surface area (Å²) in [6, 6.07) is 4.88. The number of carbonyl (C=O) groups is 4. The minimum absolute atomic E-state index is 0.0222.